The van der Waals surface area contributed by atoms with Gasteiger partial charge in [-0.3, -0.25) is 4.79 Å². The van der Waals surface area contributed by atoms with Gasteiger partial charge in [0.25, 0.3) is 0 Å². The van der Waals surface area contributed by atoms with E-state index in [1.165, 1.54) is 5.56 Å². The minimum Gasteiger partial charge on any atom is -0.481 e. The molecule has 17 heavy (non-hydrogen) atoms. The molecule has 0 aliphatic rings. The molecule has 1 N–H and O–H groups in total. The molecule has 0 heterocycles. The minimum absolute atomic E-state index is 0.559. The van der Waals surface area contributed by atoms with Crippen LogP contribution in [-0.4, -0.2) is 30.1 Å². The molecule has 0 saturated carbocycles. The Bertz CT molecular complexity index is 397. The third-order valence-electron chi connectivity index (χ3n) is 2.72. The summed E-state index contributed by atoms with van der Waals surface area (Å²) in [6, 6.07) is 8.14. The van der Waals surface area contributed by atoms with Gasteiger partial charge >= 0.3 is 5.97 Å². The van der Waals surface area contributed by atoms with Crippen LogP contribution in [0.25, 0.3) is 0 Å². The van der Waals surface area contributed by atoms with Crippen LogP contribution in [0.4, 0.5) is 0 Å². The summed E-state index contributed by atoms with van der Waals surface area (Å²) in [6.45, 7) is 4.39. The standard InChI is InChI=1S/C14H21NO2/c1-14(2,13(16)17)9-11-6-5-7-12(8-11)10-15(3)4/h5-8H,9-10H2,1-4H3,(H,16,17). The summed E-state index contributed by atoms with van der Waals surface area (Å²) in [7, 11) is 4.04. The van der Waals surface area contributed by atoms with E-state index in [1.54, 1.807) is 13.8 Å². The van der Waals surface area contributed by atoms with Crippen molar-refractivity contribution < 1.29 is 9.90 Å². The highest BCUT2D eigenvalue weighted by atomic mass is 16.4. The molecule has 1 aromatic rings. The predicted molar refractivity (Wildman–Crippen MR) is 69.0 cm³/mol. The Kier molecular flexibility index (Phi) is 4.29. The summed E-state index contributed by atoms with van der Waals surface area (Å²) in [5, 5.41) is 9.11. The Morgan fingerprint density at radius 3 is 2.41 bits per heavy atom. The lowest BCUT2D eigenvalue weighted by molar-refractivity contribution is -0.146. The lowest BCUT2D eigenvalue weighted by atomic mass is 9.85. The zero-order valence-corrected chi connectivity index (χ0v) is 11.0. The number of aliphatic carboxylic acids is 1. The van der Waals surface area contributed by atoms with E-state index in [2.05, 4.69) is 17.0 Å². The second kappa shape index (κ2) is 5.32. The van der Waals surface area contributed by atoms with Crippen LogP contribution in [0.5, 0.6) is 0 Å². The van der Waals surface area contributed by atoms with Gasteiger partial charge < -0.3 is 10.0 Å². The predicted octanol–water partition coefficient (Wildman–Crippen LogP) is 2.40. The summed E-state index contributed by atoms with van der Waals surface area (Å²) in [6.07, 6.45) is 0.559. The van der Waals surface area contributed by atoms with Gasteiger partial charge in [-0.25, -0.2) is 0 Å². The fraction of sp³-hybridized carbons (Fsp3) is 0.500. The van der Waals surface area contributed by atoms with Gasteiger partial charge in [-0.15, -0.1) is 0 Å². The van der Waals surface area contributed by atoms with Crippen molar-refractivity contribution in [3.05, 3.63) is 35.4 Å². The zero-order valence-electron chi connectivity index (χ0n) is 11.0. The van der Waals surface area contributed by atoms with E-state index in [9.17, 15) is 4.79 Å². The highest BCUT2D eigenvalue weighted by molar-refractivity contribution is 5.74. The number of carboxylic acids is 1. The number of rotatable bonds is 5. The molecule has 0 atom stereocenters. The molecule has 0 aliphatic carbocycles. The average molecular weight is 235 g/mol. The van der Waals surface area contributed by atoms with Crippen molar-refractivity contribution in [2.24, 2.45) is 5.41 Å². The molecular formula is C14H21NO2. The van der Waals surface area contributed by atoms with Crippen molar-refractivity contribution in [1.29, 1.82) is 0 Å². The Balaban J connectivity index is 2.82. The van der Waals surface area contributed by atoms with Crippen LogP contribution in [0, 0.1) is 5.41 Å². The van der Waals surface area contributed by atoms with Gasteiger partial charge in [0, 0.05) is 6.54 Å². The van der Waals surface area contributed by atoms with Gasteiger partial charge in [-0.05, 0) is 45.5 Å². The van der Waals surface area contributed by atoms with Crippen molar-refractivity contribution >= 4 is 5.97 Å². The quantitative estimate of drug-likeness (QED) is 0.852. The first-order valence-electron chi connectivity index (χ1n) is 5.77. The SMILES string of the molecule is CN(C)Cc1cccc(CC(C)(C)C(=O)O)c1. The number of nitrogens with zero attached hydrogens (tertiary/aromatic N) is 1. The van der Waals surface area contributed by atoms with Crippen LogP contribution in [-0.2, 0) is 17.8 Å². The van der Waals surface area contributed by atoms with Crippen molar-refractivity contribution in [1.82, 2.24) is 4.90 Å². The van der Waals surface area contributed by atoms with Crippen molar-refractivity contribution in [2.45, 2.75) is 26.8 Å². The third kappa shape index (κ3) is 4.19. The summed E-state index contributed by atoms with van der Waals surface area (Å²) >= 11 is 0. The summed E-state index contributed by atoms with van der Waals surface area (Å²) in [5.74, 6) is -0.754. The van der Waals surface area contributed by atoms with E-state index in [4.69, 9.17) is 5.11 Å². The first kappa shape index (κ1) is 13.7. The third-order valence-corrected chi connectivity index (χ3v) is 2.72. The highest BCUT2D eigenvalue weighted by Crippen LogP contribution is 2.22. The van der Waals surface area contributed by atoms with E-state index >= 15 is 0 Å². The second-order valence-corrected chi connectivity index (χ2v) is 5.42. The molecule has 3 heteroatoms. The van der Waals surface area contributed by atoms with E-state index in [-0.39, 0.29) is 0 Å². The first-order chi connectivity index (χ1) is 7.81. The van der Waals surface area contributed by atoms with Crippen LogP contribution in [0.1, 0.15) is 25.0 Å². The molecule has 0 aromatic heterocycles. The maximum Gasteiger partial charge on any atom is 0.309 e. The second-order valence-electron chi connectivity index (χ2n) is 5.42. The monoisotopic (exact) mass is 235 g/mol. The Labute approximate surface area is 103 Å². The van der Waals surface area contributed by atoms with Crippen LogP contribution in [0.2, 0.25) is 0 Å². The number of carboxylic acid groups (broad SMARTS) is 1. The summed E-state index contributed by atoms with van der Waals surface area (Å²) in [4.78, 5) is 13.2. The van der Waals surface area contributed by atoms with Gasteiger partial charge in [0.15, 0.2) is 0 Å². The normalized spacial score (nSPS) is 11.8. The van der Waals surface area contributed by atoms with E-state index in [1.807, 2.05) is 26.2 Å². The molecule has 1 rings (SSSR count). The van der Waals surface area contributed by atoms with Crippen molar-refractivity contribution in [2.75, 3.05) is 14.1 Å². The molecular weight excluding hydrogens is 214 g/mol. The molecule has 0 bridgehead atoms. The molecule has 3 nitrogen and oxygen atoms in total. The molecule has 0 fully saturated rings. The van der Waals surface area contributed by atoms with Crippen LogP contribution in [0.15, 0.2) is 24.3 Å². The van der Waals surface area contributed by atoms with Crippen LogP contribution >= 0.6 is 0 Å². The zero-order chi connectivity index (χ0) is 13.1. The van der Waals surface area contributed by atoms with E-state index in [0.717, 1.165) is 12.1 Å². The Hall–Kier alpha value is -1.35. The Morgan fingerprint density at radius 1 is 1.29 bits per heavy atom. The van der Waals surface area contributed by atoms with Gasteiger partial charge in [-0.2, -0.15) is 0 Å². The van der Waals surface area contributed by atoms with Gasteiger partial charge in [0.2, 0.25) is 0 Å². The van der Waals surface area contributed by atoms with E-state index < -0.39 is 11.4 Å². The molecule has 0 saturated heterocycles. The number of hydrogen-bond acceptors (Lipinski definition) is 2. The van der Waals surface area contributed by atoms with E-state index in [0.29, 0.717) is 6.42 Å². The van der Waals surface area contributed by atoms with Crippen molar-refractivity contribution in [3.63, 3.8) is 0 Å². The first-order valence-corrected chi connectivity index (χ1v) is 5.77. The molecule has 0 spiro atoms. The fourth-order valence-electron chi connectivity index (χ4n) is 1.79. The molecule has 0 amide bonds. The van der Waals surface area contributed by atoms with Gasteiger partial charge in [-0.1, -0.05) is 24.3 Å². The minimum atomic E-state index is -0.754. The lowest BCUT2D eigenvalue weighted by Crippen LogP contribution is -2.26. The van der Waals surface area contributed by atoms with Crippen LogP contribution < -0.4 is 0 Å². The van der Waals surface area contributed by atoms with Gasteiger partial charge in [0.05, 0.1) is 5.41 Å². The number of carbonyl (C=O) groups is 1. The molecule has 0 radical (unpaired) electrons. The highest BCUT2D eigenvalue weighted by Gasteiger charge is 2.27. The lowest BCUT2D eigenvalue weighted by Gasteiger charge is -2.19. The molecule has 94 valence electrons. The maximum absolute atomic E-state index is 11.1. The largest absolute Gasteiger partial charge is 0.481 e. The van der Waals surface area contributed by atoms with Crippen LogP contribution in [0.3, 0.4) is 0 Å². The molecule has 0 aliphatic heterocycles. The molecule has 0 unspecified atom stereocenters. The number of hydrogen-bond donors (Lipinski definition) is 1. The average Bonchev–Trinajstić information content (AvgIpc) is 2.15. The molecule has 1 aromatic carbocycles. The van der Waals surface area contributed by atoms with Crippen molar-refractivity contribution in [3.8, 4) is 0 Å². The topological polar surface area (TPSA) is 40.5 Å². The Morgan fingerprint density at radius 2 is 1.88 bits per heavy atom. The summed E-state index contributed by atoms with van der Waals surface area (Å²) in [5.41, 5.74) is 1.59. The fourth-order valence-corrected chi connectivity index (χ4v) is 1.79. The maximum atomic E-state index is 11.1. The number of benzene rings is 1. The van der Waals surface area contributed by atoms with Gasteiger partial charge in [0.1, 0.15) is 0 Å². The smallest absolute Gasteiger partial charge is 0.309 e. The summed E-state index contributed by atoms with van der Waals surface area (Å²) < 4.78 is 0.